The molecule has 3 aromatic carbocycles. The quantitative estimate of drug-likeness (QED) is 0.221. The zero-order chi connectivity index (χ0) is 28.7. The van der Waals surface area contributed by atoms with E-state index in [0.29, 0.717) is 17.7 Å². The fourth-order valence-corrected chi connectivity index (χ4v) is 5.72. The molecule has 0 amide bonds. The topological polar surface area (TPSA) is 134 Å². The van der Waals surface area contributed by atoms with Crippen LogP contribution in [0, 0.1) is 5.41 Å². The lowest BCUT2D eigenvalue weighted by molar-refractivity contribution is -0.187. The molecule has 212 valence electrons. The van der Waals surface area contributed by atoms with Crippen LogP contribution in [0.4, 0.5) is 0 Å². The molecule has 40 heavy (non-hydrogen) atoms. The summed E-state index contributed by atoms with van der Waals surface area (Å²) < 4.78 is 12.0. The number of rotatable bonds is 14. The van der Waals surface area contributed by atoms with Gasteiger partial charge in [-0.1, -0.05) is 84.9 Å². The van der Waals surface area contributed by atoms with Gasteiger partial charge in [-0.2, -0.15) is 0 Å². The van der Waals surface area contributed by atoms with Gasteiger partial charge in [0.25, 0.3) is 0 Å². The number of hydrogen-bond donors (Lipinski definition) is 4. The number of aliphatic hydroxyl groups excluding tert-OH is 2. The molecule has 4 rings (SSSR count). The van der Waals surface area contributed by atoms with Gasteiger partial charge in [0.05, 0.1) is 37.6 Å². The fourth-order valence-electron chi connectivity index (χ4n) is 5.72. The summed E-state index contributed by atoms with van der Waals surface area (Å²) in [6.45, 7) is 2.07. The highest BCUT2D eigenvalue weighted by atomic mass is 16.5. The van der Waals surface area contributed by atoms with Crippen LogP contribution >= 0.6 is 0 Å². The van der Waals surface area contributed by atoms with Gasteiger partial charge in [-0.15, -0.1) is 0 Å². The van der Waals surface area contributed by atoms with Crippen molar-refractivity contribution in [3.8, 4) is 0 Å². The highest BCUT2D eigenvalue weighted by Crippen LogP contribution is 2.50. The first-order valence-corrected chi connectivity index (χ1v) is 13.4. The summed E-state index contributed by atoms with van der Waals surface area (Å²) in [6, 6.07) is 25.4. The van der Waals surface area contributed by atoms with Crippen LogP contribution in [0.25, 0.3) is 0 Å². The second-order valence-corrected chi connectivity index (χ2v) is 10.4. The summed E-state index contributed by atoms with van der Waals surface area (Å²) in [6.07, 6.45) is -4.26. The minimum absolute atomic E-state index is 0.0644. The van der Waals surface area contributed by atoms with Gasteiger partial charge >= 0.3 is 11.9 Å². The molecule has 1 unspecified atom stereocenters. The Hall–Kier alpha value is -3.56. The van der Waals surface area contributed by atoms with Crippen LogP contribution in [-0.2, 0) is 38.7 Å². The molecule has 0 fully saturated rings. The second-order valence-electron chi connectivity index (χ2n) is 10.4. The summed E-state index contributed by atoms with van der Waals surface area (Å²) >= 11 is 0. The van der Waals surface area contributed by atoms with Crippen molar-refractivity contribution in [2.24, 2.45) is 5.41 Å². The van der Waals surface area contributed by atoms with E-state index in [-0.39, 0.29) is 25.9 Å². The molecule has 0 bridgehead atoms. The lowest BCUT2D eigenvalue weighted by atomic mass is 9.66. The maximum absolute atomic E-state index is 13.0. The molecule has 1 aliphatic carbocycles. The smallest absolute Gasteiger partial charge is 0.324 e. The third-order valence-corrected chi connectivity index (χ3v) is 7.67. The predicted octanol–water partition coefficient (Wildman–Crippen LogP) is 4.17. The van der Waals surface area contributed by atoms with E-state index in [1.165, 1.54) is 0 Å². The van der Waals surface area contributed by atoms with Crippen LogP contribution in [0.15, 0.2) is 84.9 Å². The minimum atomic E-state index is -2.56. The van der Waals surface area contributed by atoms with Gasteiger partial charge < -0.3 is 29.9 Å². The fraction of sp³-hybridized carbons (Fsp3) is 0.375. The first-order chi connectivity index (χ1) is 19.2. The molecule has 0 aromatic heterocycles. The van der Waals surface area contributed by atoms with E-state index >= 15 is 0 Å². The zero-order valence-electron chi connectivity index (χ0n) is 22.4. The third kappa shape index (κ3) is 6.42. The Morgan fingerprint density at radius 2 is 1.35 bits per heavy atom. The Labute approximate surface area is 233 Å². The van der Waals surface area contributed by atoms with Crippen molar-refractivity contribution in [2.45, 2.75) is 69.7 Å². The highest BCUT2D eigenvalue weighted by molar-refractivity contribution is 6.00. The molecule has 0 aliphatic heterocycles. The molecule has 8 heteroatoms. The molecule has 3 aromatic rings. The largest absolute Gasteiger partial charge is 0.480 e. The number of carboxylic acids is 2. The van der Waals surface area contributed by atoms with Crippen molar-refractivity contribution in [2.75, 3.05) is 0 Å². The molecule has 0 heterocycles. The Bertz CT molecular complexity index is 1250. The number of carbonyl (C=O) groups is 2. The van der Waals surface area contributed by atoms with E-state index in [1.54, 1.807) is 55.5 Å². The number of aliphatic hydroxyl groups is 2. The molecular formula is C32H36O8. The van der Waals surface area contributed by atoms with E-state index in [2.05, 4.69) is 0 Å². The Balaban J connectivity index is 1.62. The Morgan fingerprint density at radius 3 is 1.93 bits per heavy atom. The SMILES string of the molecule is C[C@H](CC(O)C[C@@H](OCc1ccccc1)C(C(=O)O)(C(=O)O)[C@@H]1c2ccccc2C[C@H]1O)OCc1ccccc1. The van der Waals surface area contributed by atoms with Crippen molar-refractivity contribution in [3.05, 3.63) is 107 Å². The van der Waals surface area contributed by atoms with Crippen LogP contribution in [0.5, 0.6) is 0 Å². The van der Waals surface area contributed by atoms with Crippen molar-refractivity contribution >= 4 is 11.9 Å². The third-order valence-electron chi connectivity index (χ3n) is 7.67. The summed E-state index contributed by atoms with van der Waals surface area (Å²) in [5, 5.41) is 43.4. The number of hydrogen-bond acceptors (Lipinski definition) is 6. The number of aliphatic carboxylic acids is 2. The van der Waals surface area contributed by atoms with Crippen LogP contribution in [0.1, 0.15) is 47.9 Å². The number of fused-ring (bicyclic) bond motifs is 1. The first-order valence-electron chi connectivity index (χ1n) is 13.4. The van der Waals surface area contributed by atoms with E-state index in [4.69, 9.17) is 9.47 Å². The van der Waals surface area contributed by atoms with E-state index < -0.39 is 47.7 Å². The van der Waals surface area contributed by atoms with Crippen LogP contribution in [0.2, 0.25) is 0 Å². The van der Waals surface area contributed by atoms with Gasteiger partial charge in [-0.25, -0.2) is 0 Å². The second kappa shape index (κ2) is 13.2. The van der Waals surface area contributed by atoms with Crippen LogP contribution in [-0.4, -0.2) is 56.8 Å². The maximum Gasteiger partial charge on any atom is 0.324 e. The van der Waals surface area contributed by atoms with E-state index in [1.807, 2.05) is 36.4 Å². The Morgan fingerprint density at radius 1 is 0.825 bits per heavy atom. The van der Waals surface area contributed by atoms with Gasteiger partial charge in [0.1, 0.15) is 0 Å². The number of ether oxygens (including phenoxy) is 2. The van der Waals surface area contributed by atoms with Crippen molar-refractivity contribution in [1.29, 1.82) is 0 Å². The monoisotopic (exact) mass is 548 g/mol. The molecule has 0 radical (unpaired) electrons. The lowest BCUT2D eigenvalue weighted by Crippen LogP contribution is -2.57. The lowest BCUT2D eigenvalue weighted by Gasteiger charge is -2.40. The molecule has 1 aliphatic rings. The molecule has 8 nitrogen and oxygen atoms in total. The van der Waals surface area contributed by atoms with Gasteiger partial charge in [0.2, 0.25) is 0 Å². The zero-order valence-corrected chi connectivity index (χ0v) is 22.4. The van der Waals surface area contributed by atoms with Gasteiger partial charge in [-0.3, -0.25) is 9.59 Å². The van der Waals surface area contributed by atoms with Crippen molar-refractivity contribution < 1.29 is 39.5 Å². The summed E-state index contributed by atoms with van der Waals surface area (Å²) in [5.74, 6) is -4.53. The van der Waals surface area contributed by atoms with E-state index in [9.17, 15) is 30.0 Å². The standard InChI is InChI=1S/C32H36O8/c1-21(39-19-22-10-4-2-5-11-22)16-25(33)18-28(40-20-23-12-6-3-7-13-23)32(30(35)36,31(37)38)29-26-15-9-8-14-24(26)17-27(29)34/h2-15,21,25,27-29,33-34H,16-20H2,1H3,(H,35,36)(H,37,38)/t21-,25?,27-,28-,29-/m1/s1. The molecule has 4 N–H and O–H groups in total. The summed E-state index contributed by atoms with van der Waals surface area (Å²) in [4.78, 5) is 26.1. The van der Waals surface area contributed by atoms with E-state index in [0.717, 1.165) is 11.1 Å². The maximum atomic E-state index is 13.0. The van der Waals surface area contributed by atoms with Gasteiger partial charge in [0.15, 0.2) is 5.41 Å². The normalized spacial score (nSPS) is 19.0. The van der Waals surface area contributed by atoms with Crippen LogP contribution in [0.3, 0.4) is 0 Å². The summed E-state index contributed by atoms with van der Waals surface area (Å²) in [7, 11) is 0. The van der Waals surface area contributed by atoms with Crippen molar-refractivity contribution in [3.63, 3.8) is 0 Å². The molecule has 0 saturated heterocycles. The first kappa shape index (κ1) is 29.4. The van der Waals surface area contributed by atoms with Crippen LogP contribution < -0.4 is 0 Å². The number of benzene rings is 3. The average molecular weight is 549 g/mol. The molecular weight excluding hydrogens is 512 g/mol. The van der Waals surface area contributed by atoms with Crippen molar-refractivity contribution in [1.82, 2.24) is 0 Å². The minimum Gasteiger partial charge on any atom is -0.480 e. The van der Waals surface area contributed by atoms with Gasteiger partial charge in [-0.05, 0) is 42.0 Å². The predicted molar refractivity (Wildman–Crippen MR) is 148 cm³/mol. The molecule has 5 atom stereocenters. The molecule has 0 saturated carbocycles. The average Bonchev–Trinajstić information content (AvgIpc) is 3.27. The van der Waals surface area contributed by atoms with Gasteiger partial charge in [0, 0.05) is 12.3 Å². The highest BCUT2D eigenvalue weighted by Gasteiger charge is 2.63. The summed E-state index contributed by atoms with van der Waals surface area (Å²) in [5.41, 5.74) is 0.283. The Kier molecular flexibility index (Phi) is 9.71. The molecule has 0 spiro atoms. The number of carboxylic acid groups (broad SMARTS) is 2.